The Balaban J connectivity index is 1.89. The smallest absolute Gasteiger partial charge is 0.134 e. The average molecular weight is 260 g/mol. The zero-order chi connectivity index (χ0) is 13.1. The number of nitrogens with two attached hydrogens (primary N) is 1. The number of hydrogen-bond donors (Lipinski definition) is 1. The molecule has 4 nitrogen and oxygen atoms in total. The molecule has 102 valence electrons. The number of fused-ring (bicyclic) bond motifs is 1. The second-order valence-corrected chi connectivity index (χ2v) is 4.95. The van der Waals surface area contributed by atoms with Crippen molar-refractivity contribution < 1.29 is 9.15 Å². The van der Waals surface area contributed by atoms with Gasteiger partial charge in [-0.05, 0) is 12.5 Å². The number of ether oxygens (including phenoxy) is 1. The van der Waals surface area contributed by atoms with Crippen molar-refractivity contribution in [1.29, 1.82) is 0 Å². The van der Waals surface area contributed by atoms with Gasteiger partial charge in [0.05, 0.1) is 13.2 Å². The molecule has 4 heteroatoms. The quantitative estimate of drug-likeness (QED) is 0.918. The lowest BCUT2D eigenvalue weighted by molar-refractivity contribution is 0.140. The lowest BCUT2D eigenvalue weighted by atomic mass is 10.1. The first-order valence-corrected chi connectivity index (χ1v) is 6.88. The van der Waals surface area contributed by atoms with Gasteiger partial charge in [0, 0.05) is 37.2 Å². The van der Waals surface area contributed by atoms with Crippen molar-refractivity contribution in [3.8, 4) is 0 Å². The lowest BCUT2D eigenvalue weighted by Crippen LogP contribution is -2.26. The van der Waals surface area contributed by atoms with Gasteiger partial charge in [0.25, 0.3) is 0 Å². The summed E-state index contributed by atoms with van der Waals surface area (Å²) in [4.78, 5) is 2.42. The van der Waals surface area contributed by atoms with Gasteiger partial charge in [-0.1, -0.05) is 18.2 Å². The van der Waals surface area contributed by atoms with E-state index >= 15 is 0 Å². The third-order valence-corrected chi connectivity index (χ3v) is 3.66. The molecular weight excluding hydrogens is 240 g/mol. The summed E-state index contributed by atoms with van der Waals surface area (Å²) in [5, 5.41) is 1.19. The zero-order valence-electron chi connectivity index (χ0n) is 11.1. The van der Waals surface area contributed by atoms with Crippen LogP contribution in [0.1, 0.15) is 17.7 Å². The maximum absolute atomic E-state index is 5.84. The highest BCUT2D eigenvalue weighted by Crippen LogP contribution is 2.27. The monoisotopic (exact) mass is 260 g/mol. The standard InChI is InChI=1S/C15H20N2O2/c16-10-15-13(11-17-6-3-8-18-9-7-17)12-4-1-2-5-14(12)19-15/h1-2,4-5H,3,6-11,16H2. The third kappa shape index (κ3) is 2.66. The number of hydrogen-bond acceptors (Lipinski definition) is 4. The fraction of sp³-hybridized carbons (Fsp3) is 0.467. The Kier molecular flexibility index (Phi) is 3.82. The summed E-state index contributed by atoms with van der Waals surface area (Å²) < 4.78 is 11.3. The van der Waals surface area contributed by atoms with Crippen molar-refractivity contribution in [1.82, 2.24) is 4.90 Å². The van der Waals surface area contributed by atoms with Gasteiger partial charge in [0.2, 0.25) is 0 Å². The van der Waals surface area contributed by atoms with Crippen LogP contribution in [0.4, 0.5) is 0 Å². The van der Waals surface area contributed by atoms with Crippen LogP contribution in [0.3, 0.4) is 0 Å². The van der Waals surface area contributed by atoms with E-state index in [1.165, 1.54) is 10.9 Å². The Morgan fingerprint density at radius 3 is 2.95 bits per heavy atom. The van der Waals surface area contributed by atoms with Crippen LogP contribution in [0.25, 0.3) is 11.0 Å². The van der Waals surface area contributed by atoms with E-state index in [9.17, 15) is 0 Å². The predicted molar refractivity (Wildman–Crippen MR) is 74.8 cm³/mol. The molecule has 1 fully saturated rings. The van der Waals surface area contributed by atoms with E-state index in [2.05, 4.69) is 11.0 Å². The number of para-hydroxylation sites is 1. The molecule has 0 saturated carbocycles. The molecule has 1 aromatic heterocycles. The van der Waals surface area contributed by atoms with Crippen molar-refractivity contribution >= 4 is 11.0 Å². The molecule has 2 heterocycles. The summed E-state index contributed by atoms with van der Waals surface area (Å²) in [5.41, 5.74) is 7.98. The minimum absolute atomic E-state index is 0.453. The summed E-state index contributed by atoms with van der Waals surface area (Å²) in [6.45, 7) is 5.08. The molecule has 0 aliphatic carbocycles. The number of furan rings is 1. The van der Waals surface area contributed by atoms with Gasteiger partial charge in [0.1, 0.15) is 11.3 Å². The van der Waals surface area contributed by atoms with Gasteiger partial charge in [-0.3, -0.25) is 4.90 Å². The molecule has 1 aliphatic rings. The van der Waals surface area contributed by atoms with Crippen LogP contribution < -0.4 is 5.73 Å². The lowest BCUT2D eigenvalue weighted by Gasteiger charge is -2.18. The molecule has 0 bridgehead atoms. The SMILES string of the molecule is NCc1oc2ccccc2c1CN1CCCOCC1. The Bertz CT molecular complexity index is 542. The molecule has 0 radical (unpaired) electrons. The molecule has 2 N–H and O–H groups in total. The number of benzene rings is 1. The maximum Gasteiger partial charge on any atom is 0.134 e. The fourth-order valence-electron chi connectivity index (χ4n) is 2.67. The molecule has 1 aliphatic heterocycles. The largest absolute Gasteiger partial charge is 0.459 e. The average Bonchev–Trinajstić information content (AvgIpc) is 2.62. The van der Waals surface area contributed by atoms with Crippen LogP contribution in [0, 0.1) is 0 Å². The Labute approximate surface area is 113 Å². The summed E-state index contributed by atoms with van der Waals surface area (Å²) in [7, 11) is 0. The van der Waals surface area contributed by atoms with Crippen molar-refractivity contribution in [2.24, 2.45) is 5.73 Å². The van der Waals surface area contributed by atoms with Crippen molar-refractivity contribution in [2.75, 3.05) is 26.3 Å². The molecular formula is C15H20N2O2. The van der Waals surface area contributed by atoms with Crippen LogP contribution in [0.15, 0.2) is 28.7 Å². The van der Waals surface area contributed by atoms with Crippen LogP contribution in [0.5, 0.6) is 0 Å². The zero-order valence-corrected chi connectivity index (χ0v) is 11.1. The summed E-state index contributed by atoms with van der Waals surface area (Å²) in [6, 6.07) is 8.16. The van der Waals surface area contributed by atoms with E-state index < -0.39 is 0 Å². The second-order valence-electron chi connectivity index (χ2n) is 4.95. The van der Waals surface area contributed by atoms with Crippen molar-refractivity contribution in [3.63, 3.8) is 0 Å². The fourth-order valence-corrected chi connectivity index (χ4v) is 2.67. The van der Waals surface area contributed by atoms with Gasteiger partial charge >= 0.3 is 0 Å². The molecule has 1 aromatic carbocycles. The highest BCUT2D eigenvalue weighted by molar-refractivity contribution is 5.82. The van der Waals surface area contributed by atoms with Gasteiger partial charge < -0.3 is 14.9 Å². The Hall–Kier alpha value is -1.36. The first kappa shape index (κ1) is 12.7. The van der Waals surface area contributed by atoms with Gasteiger partial charge in [-0.15, -0.1) is 0 Å². The highest BCUT2D eigenvalue weighted by Gasteiger charge is 2.17. The minimum atomic E-state index is 0.453. The molecule has 3 rings (SSSR count). The topological polar surface area (TPSA) is 51.6 Å². The Morgan fingerprint density at radius 2 is 2.05 bits per heavy atom. The van der Waals surface area contributed by atoms with E-state index in [1.807, 2.05) is 18.2 Å². The third-order valence-electron chi connectivity index (χ3n) is 3.66. The molecule has 2 aromatic rings. The predicted octanol–water partition coefficient (Wildman–Crippen LogP) is 2.11. The normalized spacial score (nSPS) is 17.7. The number of nitrogens with zero attached hydrogens (tertiary/aromatic N) is 1. The second kappa shape index (κ2) is 5.74. The molecule has 0 amide bonds. The van der Waals surface area contributed by atoms with Crippen LogP contribution in [-0.2, 0) is 17.8 Å². The molecule has 0 spiro atoms. The van der Waals surface area contributed by atoms with E-state index in [1.54, 1.807) is 0 Å². The van der Waals surface area contributed by atoms with Gasteiger partial charge in [-0.25, -0.2) is 0 Å². The minimum Gasteiger partial charge on any atom is -0.459 e. The van der Waals surface area contributed by atoms with Gasteiger partial charge in [-0.2, -0.15) is 0 Å². The van der Waals surface area contributed by atoms with Crippen molar-refractivity contribution in [3.05, 3.63) is 35.6 Å². The summed E-state index contributed by atoms with van der Waals surface area (Å²) >= 11 is 0. The molecule has 0 unspecified atom stereocenters. The first-order valence-electron chi connectivity index (χ1n) is 6.88. The van der Waals surface area contributed by atoms with Crippen LogP contribution in [0.2, 0.25) is 0 Å². The van der Waals surface area contributed by atoms with Crippen LogP contribution in [-0.4, -0.2) is 31.2 Å². The van der Waals surface area contributed by atoms with E-state index in [4.69, 9.17) is 14.9 Å². The highest BCUT2D eigenvalue weighted by atomic mass is 16.5. The number of rotatable bonds is 3. The summed E-state index contributed by atoms with van der Waals surface area (Å²) in [5.74, 6) is 0.909. The molecule has 0 atom stereocenters. The van der Waals surface area contributed by atoms with E-state index in [0.29, 0.717) is 6.54 Å². The Morgan fingerprint density at radius 1 is 1.16 bits per heavy atom. The van der Waals surface area contributed by atoms with E-state index in [0.717, 1.165) is 50.6 Å². The van der Waals surface area contributed by atoms with Crippen molar-refractivity contribution in [2.45, 2.75) is 19.5 Å². The summed E-state index contributed by atoms with van der Waals surface area (Å²) in [6.07, 6.45) is 1.09. The molecule has 19 heavy (non-hydrogen) atoms. The van der Waals surface area contributed by atoms with Crippen LogP contribution >= 0.6 is 0 Å². The first-order chi connectivity index (χ1) is 9.38. The van der Waals surface area contributed by atoms with Gasteiger partial charge in [0.15, 0.2) is 0 Å². The maximum atomic E-state index is 5.84. The van der Waals surface area contributed by atoms with E-state index in [-0.39, 0.29) is 0 Å². The molecule has 1 saturated heterocycles.